The van der Waals surface area contributed by atoms with Gasteiger partial charge in [0.15, 0.2) is 0 Å². The standard InChI is InChI=1S/C3HF2/c4-2-1-3-5/h2H. The van der Waals surface area contributed by atoms with E-state index in [1.54, 1.807) is 0 Å². The number of hydrogen-bond donors (Lipinski definition) is 0. The lowest BCUT2D eigenvalue weighted by Gasteiger charge is -1.40. The molecule has 0 atom stereocenters. The minimum Gasteiger partial charge on any atom is -0.206 e. The van der Waals surface area contributed by atoms with Crippen LogP contribution in [0.1, 0.15) is 0 Å². The van der Waals surface area contributed by atoms with Gasteiger partial charge < -0.3 is 0 Å². The van der Waals surface area contributed by atoms with Crippen molar-refractivity contribution in [3.63, 3.8) is 0 Å². The van der Waals surface area contributed by atoms with E-state index < -0.39 is 0 Å². The summed E-state index contributed by atoms with van der Waals surface area (Å²) in [6.45, 7) is 0. The summed E-state index contributed by atoms with van der Waals surface area (Å²) in [7, 11) is 0. The first-order valence-electron chi connectivity index (χ1n) is 0.946. The first-order valence-corrected chi connectivity index (χ1v) is 0.946. The molecule has 0 aromatic rings. The molecule has 0 unspecified atom stereocenters. The third-order valence-electron chi connectivity index (χ3n) is 0.109. The second kappa shape index (κ2) is 3.38. The molecular weight excluding hydrogens is 74.0 g/mol. The molecule has 0 aliphatic carbocycles. The average Bonchev–Trinajstić information content (AvgIpc) is 1.41. The summed E-state index contributed by atoms with van der Waals surface area (Å²) >= 11 is 0. The van der Waals surface area contributed by atoms with Crippen molar-refractivity contribution < 1.29 is 8.78 Å². The second-order valence-electron chi connectivity index (χ2n) is 0.348. The second-order valence-corrected chi connectivity index (χ2v) is 0.348. The van der Waals surface area contributed by atoms with Crippen LogP contribution in [0.5, 0.6) is 0 Å². The molecule has 5 heavy (non-hydrogen) atoms. The molecule has 0 fully saturated rings. The van der Waals surface area contributed by atoms with Crippen molar-refractivity contribution in [1.29, 1.82) is 0 Å². The summed E-state index contributed by atoms with van der Waals surface area (Å²) < 4.78 is 20.8. The van der Waals surface area contributed by atoms with Crippen LogP contribution in [0, 0.1) is 6.33 Å². The Morgan fingerprint density at radius 3 is 2.20 bits per heavy atom. The molecule has 0 saturated carbocycles. The molecule has 0 heterocycles. The lowest BCUT2D eigenvalue weighted by Crippen LogP contribution is -1.22. The first kappa shape index (κ1) is 4.38. The van der Waals surface area contributed by atoms with Crippen LogP contribution in [-0.2, 0) is 0 Å². The molecule has 0 saturated heterocycles. The summed E-state index contributed by atoms with van der Waals surface area (Å²) in [5.74, 6) is 0. The molecule has 27 valence electrons. The van der Waals surface area contributed by atoms with Crippen molar-refractivity contribution in [2.24, 2.45) is 0 Å². The van der Waals surface area contributed by atoms with E-state index in [1.165, 1.54) is 5.73 Å². The topological polar surface area (TPSA) is 0 Å². The van der Waals surface area contributed by atoms with Crippen LogP contribution in [0.3, 0.4) is 0 Å². The molecule has 0 bridgehead atoms. The van der Waals surface area contributed by atoms with Gasteiger partial charge in [0.2, 0.25) is 6.33 Å². The maximum atomic E-state index is 10.5. The van der Waals surface area contributed by atoms with E-state index in [0.717, 1.165) is 6.33 Å². The number of rotatable bonds is 0. The van der Waals surface area contributed by atoms with Gasteiger partial charge in [-0.1, -0.05) is 0 Å². The van der Waals surface area contributed by atoms with Crippen LogP contribution in [0.25, 0.3) is 0 Å². The first-order chi connectivity index (χ1) is 2.41. The van der Waals surface area contributed by atoms with Gasteiger partial charge in [0.05, 0.1) is 0 Å². The summed E-state index contributed by atoms with van der Waals surface area (Å²) in [5, 5.41) is 0. The minimum absolute atomic E-state index is 0.0556. The molecule has 0 spiro atoms. The van der Waals surface area contributed by atoms with Gasteiger partial charge in [-0.15, -0.1) is 0 Å². The third kappa shape index (κ3) is 3.38. The van der Waals surface area contributed by atoms with Gasteiger partial charge in [0, 0.05) is 0 Å². The van der Waals surface area contributed by atoms with Gasteiger partial charge in [-0.3, -0.25) is 0 Å². The molecule has 0 aliphatic rings. The molecular formula is C3HF2. The van der Waals surface area contributed by atoms with Crippen molar-refractivity contribution in [2.75, 3.05) is 0 Å². The van der Waals surface area contributed by atoms with Gasteiger partial charge >= 0.3 is 0 Å². The van der Waals surface area contributed by atoms with E-state index in [-0.39, 0.29) is 6.33 Å². The van der Waals surface area contributed by atoms with Crippen LogP contribution in [0.15, 0.2) is 12.1 Å². The Balaban J connectivity index is 3.26. The van der Waals surface area contributed by atoms with E-state index in [4.69, 9.17) is 0 Å². The Labute approximate surface area is 28.4 Å². The van der Waals surface area contributed by atoms with Crippen molar-refractivity contribution in [2.45, 2.75) is 0 Å². The average molecular weight is 75.0 g/mol. The minimum atomic E-state index is -0.0556. The van der Waals surface area contributed by atoms with Crippen LogP contribution in [-0.4, -0.2) is 0 Å². The molecule has 2 heteroatoms. The molecule has 0 aromatic carbocycles. The van der Waals surface area contributed by atoms with Crippen molar-refractivity contribution in [1.82, 2.24) is 0 Å². The van der Waals surface area contributed by atoms with Gasteiger partial charge in [-0.2, -0.15) is 4.39 Å². The summed E-state index contributed by atoms with van der Waals surface area (Å²) in [5.41, 5.74) is 1.40. The Morgan fingerprint density at radius 2 is 2.20 bits per heavy atom. The Hall–Kier alpha value is -0.620. The van der Waals surface area contributed by atoms with Crippen molar-refractivity contribution >= 4 is 0 Å². The fourth-order valence-corrected chi connectivity index (χ4v) is 0.0206. The van der Waals surface area contributed by atoms with E-state index in [9.17, 15) is 8.78 Å². The van der Waals surface area contributed by atoms with E-state index in [1.807, 2.05) is 0 Å². The zero-order valence-corrected chi connectivity index (χ0v) is 2.33. The molecule has 0 rings (SSSR count). The van der Waals surface area contributed by atoms with Crippen LogP contribution in [0.4, 0.5) is 8.78 Å². The highest BCUT2D eigenvalue weighted by atomic mass is 19.1. The van der Waals surface area contributed by atoms with E-state index in [0.29, 0.717) is 0 Å². The monoisotopic (exact) mass is 75.0 g/mol. The lowest BCUT2D eigenvalue weighted by atomic mass is 10.9. The zero-order chi connectivity index (χ0) is 4.12. The van der Waals surface area contributed by atoms with E-state index >= 15 is 0 Å². The number of halogens is 2. The SMILES string of the molecule is F[C]=C=CF. The predicted octanol–water partition coefficient (Wildman–Crippen LogP) is 1.35. The van der Waals surface area contributed by atoms with Crippen LogP contribution in [0.2, 0.25) is 0 Å². The molecule has 0 aromatic heterocycles. The maximum Gasteiger partial charge on any atom is 0.211 e. The van der Waals surface area contributed by atoms with Gasteiger partial charge in [-0.25, -0.2) is 4.39 Å². The quantitative estimate of drug-likeness (QED) is 0.381. The van der Waals surface area contributed by atoms with Crippen LogP contribution >= 0.6 is 0 Å². The van der Waals surface area contributed by atoms with Gasteiger partial charge in [0.1, 0.15) is 6.33 Å². The predicted molar refractivity (Wildman–Crippen MR) is 13.5 cm³/mol. The molecule has 0 nitrogen and oxygen atoms in total. The molecule has 0 aliphatic heterocycles. The maximum absolute atomic E-state index is 10.5. The highest BCUT2D eigenvalue weighted by molar-refractivity contribution is 4.60. The van der Waals surface area contributed by atoms with Gasteiger partial charge in [0.25, 0.3) is 0 Å². The normalized spacial score (nSPS) is 5.20. The highest BCUT2D eigenvalue weighted by Crippen LogP contribution is 1.63. The smallest absolute Gasteiger partial charge is 0.206 e. The van der Waals surface area contributed by atoms with Crippen LogP contribution < -0.4 is 0 Å². The fourth-order valence-electron chi connectivity index (χ4n) is 0.0206. The highest BCUT2D eigenvalue weighted by Gasteiger charge is 1.45. The molecule has 0 N–H and O–H groups in total. The van der Waals surface area contributed by atoms with Gasteiger partial charge in [-0.05, 0) is 5.73 Å². The number of hydrogen-bond acceptors (Lipinski definition) is 0. The Kier molecular flexibility index (Phi) is 2.96. The van der Waals surface area contributed by atoms with Crippen molar-refractivity contribution in [3.05, 3.63) is 18.4 Å². The third-order valence-corrected chi connectivity index (χ3v) is 0.109. The molecule has 1 radical (unpaired) electrons. The fraction of sp³-hybridized carbons (Fsp3) is 0. The Bertz CT molecular complexity index is 53.3. The zero-order valence-electron chi connectivity index (χ0n) is 2.33. The largest absolute Gasteiger partial charge is 0.211 e. The summed E-state index contributed by atoms with van der Waals surface area (Å²) in [6.07, 6.45) is 0.781. The molecule has 0 amide bonds. The van der Waals surface area contributed by atoms with Crippen molar-refractivity contribution in [3.8, 4) is 0 Å². The van der Waals surface area contributed by atoms with E-state index in [2.05, 4.69) is 0 Å². The summed E-state index contributed by atoms with van der Waals surface area (Å²) in [6, 6.07) is 0. The summed E-state index contributed by atoms with van der Waals surface area (Å²) in [4.78, 5) is 0. The lowest BCUT2D eigenvalue weighted by molar-refractivity contribution is 0.675. The Morgan fingerprint density at radius 1 is 1.60 bits per heavy atom.